The molecule has 0 fully saturated rings. The highest BCUT2D eigenvalue weighted by molar-refractivity contribution is 9.09. The molecule has 0 aromatic heterocycles. The Hall–Kier alpha value is -0.500. The molecule has 1 atom stereocenters. The molecule has 1 aromatic carbocycles. The lowest BCUT2D eigenvalue weighted by Gasteiger charge is -2.30. The van der Waals surface area contributed by atoms with Crippen molar-refractivity contribution in [2.75, 3.05) is 12.4 Å². The van der Waals surface area contributed by atoms with Crippen LogP contribution in [0.1, 0.15) is 29.9 Å². The van der Waals surface area contributed by atoms with Gasteiger partial charge in [-0.2, -0.15) is 0 Å². The van der Waals surface area contributed by atoms with Crippen molar-refractivity contribution in [1.82, 2.24) is 0 Å². The lowest BCUT2D eigenvalue weighted by molar-refractivity contribution is 0.412. The van der Waals surface area contributed by atoms with Gasteiger partial charge in [-0.25, -0.2) is 0 Å². The molecule has 0 N–H and O–H groups in total. The number of hydrogen-bond donors (Lipinski definition) is 0. The van der Waals surface area contributed by atoms with E-state index < -0.39 is 0 Å². The van der Waals surface area contributed by atoms with E-state index in [1.165, 1.54) is 30.4 Å². The van der Waals surface area contributed by atoms with Gasteiger partial charge in [-0.3, -0.25) is 0 Å². The molecular formula is C12H15BrO. The van der Waals surface area contributed by atoms with Gasteiger partial charge < -0.3 is 4.74 Å². The molecule has 0 spiro atoms. The number of rotatable bonds is 4. The van der Waals surface area contributed by atoms with Crippen LogP contribution in [0, 0.1) is 0 Å². The summed E-state index contributed by atoms with van der Waals surface area (Å²) < 4.78 is 5.19. The summed E-state index contributed by atoms with van der Waals surface area (Å²) in [5.41, 5.74) is 3.01. The van der Waals surface area contributed by atoms with Crippen LogP contribution < -0.4 is 4.74 Å². The van der Waals surface area contributed by atoms with Gasteiger partial charge in [-0.1, -0.05) is 22.0 Å². The SMILES string of the molecule is COc1ccc2c(c1)CC2CCCBr. The van der Waals surface area contributed by atoms with Gasteiger partial charge in [-0.05, 0) is 48.4 Å². The molecule has 0 saturated heterocycles. The fourth-order valence-electron chi connectivity index (χ4n) is 2.11. The second kappa shape index (κ2) is 4.35. The predicted molar refractivity (Wildman–Crippen MR) is 62.5 cm³/mol. The quantitative estimate of drug-likeness (QED) is 0.748. The smallest absolute Gasteiger partial charge is 0.119 e. The minimum Gasteiger partial charge on any atom is -0.497 e. The first-order chi connectivity index (χ1) is 6.85. The van der Waals surface area contributed by atoms with Gasteiger partial charge >= 0.3 is 0 Å². The topological polar surface area (TPSA) is 9.23 Å². The van der Waals surface area contributed by atoms with Crippen molar-refractivity contribution >= 4 is 15.9 Å². The average Bonchev–Trinajstić information content (AvgIpc) is 2.19. The number of halogens is 1. The van der Waals surface area contributed by atoms with Crippen molar-refractivity contribution in [3.63, 3.8) is 0 Å². The first kappa shape index (κ1) is 10.0. The van der Waals surface area contributed by atoms with E-state index in [-0.39, 0.29) is 0 Å². The van der Waals surface area contributed by atoms with Crippen LogP contribution in [0.3, 0.4) is 0 Å². The van der Waals surface area contributed by atoms with E-state index in [1.807, 2.05) is 0 Å². The maximum Gasteiger partial charge on any atom is 0.119 e. The maximum atomic E-state index is 5.19. The van der Waals surface area contributed by atoms with E-state index in [4.69, 9.17) is 4.74 Å². The van der Waals surface area contributed by atoms with Crippen molar-refractivity contribution in [3.8, 4) is 5.75 Å². The molecule has 1 aliphatic carbocycles. The lowest BCUT2D eigenvalue weighted by atomic mass is 9.75. The Morgan fingerprint density at radius 1 is 1.50 bits per heavy atom. The molecule has 0 radical (unpaired) electrons. The van der Waals surface area contributed by atoms with Crippen LogP contribution in [0.15, 0.2) is 18.2 Å². The summed E-state index contributed by atoms with van der Waals surface area (Å²) in [6.45, 7) is 0. The molecule has 2 rings (SSSR count). The van der Waals surface area contributed by atoms with Crippen LogP contribution in [-0.4, -0.2) is 12.4 Å². The Morgan fingerprint density at radius 3 is 3.00 bits per heavy atom. The summed E-state index contributed by atoms with van der Waals surface area (Å²) >= 11 is 3.47. The van der Waals surface area contributed by atoms with E-state index >= 15 is 0 Å². The number of fused-ring (bicyclic) bond motifs is 1. The lowest BCUT2D eigenvalue weighted by Crippen LogP contribution is -2.17. The number of methoxy groups -OCH3 is 1. The van der Waals surface area contributed by atoms with Crippen LogP contribution in [0.5, 0.6) is 5.75 Å². The highest BCUT2D eigenvalue weighted by atomic mass is 79.9. The first-order valence-electron chi connectivity index (χ1n) is 5.08. The van der Waals surface area contributed by atoms with Crippen molar-refractivity contribution < 1.29 is 4.74 Å². The average molecular weight is 255 g/mol. The number of alkyl halides is 1. The van der Waals surface area contributed by atoms with Crippen molar-refractivity contribution in [2.24, 2.45) is 0 Å². The minimum absolute atomic E-state index is 0.799. The van der Waals surface area contributed by atoms with Gasteiger partial charge in [0.05, 0.1) is 7.11 Å². The van der Waals surface area contributed by atoms with Gasteiger partial charge in [-0.15, -0.1) is 0 Å². The largest absolute Gasteiger partial charge is 0.497 e. The van der Waals surface area contributed by atoms with Gasteiger partial charge in [0.2, 0.25) is 0 Å². The first-order valence-corrected chi connectivity index (χ1v) is 6.20. The van der Waals surface area contributed by atoms with Gasteiger partial charge in [0.1, 0.15) is 5.75 Å². The van der Waals surface area contributed by atoms with Gasteiger partial charge in [0, 0.05) is 5.33 Å². The molecule has 0 amide bonds. The summed E-state index contributed by atoms with van der Waals surface area (Å²) in [5.74, 6) is 1.79. The zero-order valence-corrected chi connectivity index (χ0v) is 10.0. The van der Waals surface area contributed by atoms with Crippen LogP contribution in [0.25, 0.3) is 0 Å². The van der Waals surface area contributed by atoms with Gasteiger partial charge in [0.15, 0.2) is 0 Å². The molecule has 1 aromatic rings. The van der Waals surface area contributed by atoms with E-state index in [9.17, 15) is 0 Å². The molecule has 1 aliphatic rings. The molecular weight excluding hydrogens is 240 g/mol. The second-order valence-corrected chi connectivity index (χ2v) is 4.59. The molecule has 1 unspecified atom stereocenters. The monoisotopic (exact) mass is 254 g/mol. The molecule has 0 aliphatic heterocycles. The predicted octanol–water partition coefficient (Wildman–Crippen LogP) is 3.51. The summed E-state index contributed by atoms with van der Waals surface area (Å²) in [7, 11) is 1.72. The highest BCUT2D eigenvalue weighted by Crippen LogP contribution is 2.40. The number of benzene rings is 1. The zero-order valence-electron chi connectivity index (χ0n) is 8.42. The normalized spacial score (nSPS) is 18.6. The summed E-state index contributed by atoms with van der Waals surface area (Å²) in [5, 5.41) is 1.12. The van der Waals surface area contributed by atoms with E-state index in [2.05, 4.69) is 34.1 Å². The highest BCUT2D eigenvalue weighted by Gasteiger charge is 2.25. The second-order valence-electron chi connectivity index (χ2n) is 3.80. The summed E-state index contributed by atoms with van der Waals surface area (Å²) in [6.07, 6.45) is 3.82. The van der Waals surface area contributed by atoms with Crippen molar-refractivity contribution in [3.05, 3.63) is 29.3 Å². The molecule has 1 nitrogen and oxygen atoms in total. The fraction of sp³-hybridized carbons (Fsp3) is 0.500. The molecule has 76 valence electrons. The van der Waals surface area contributed by atoms with E-state index in [1.54, 1.807) is 7.11 Å². The van der Waals surface area contributed by atoms with Gasteiger partial charge in [0.25, 0.3) is 0 Å². The number of hydrogen-bond acceptors (Lipinski definition) is 1. The van der Waals surface area contributed by atoms with Crippen LogP contribution >= 0.6 is 15.9 Å². The molecule has 14 heavy (non-hydrogen) atoms. The third-order valence-electron chi connectivity index (χ3n) is 2.94. The Bertz CT molecular complexity index is 322. The number of ether oxygens (including phenoxy) is 1. The van der Waals surface area contributed by atoms with Crippen LogP contribution in [0.4, 0.5) is 0 Å². The molecule has 0 saturated carbocycles. The Kier molecular flexibility index (Phi) is 3.12. The third kappa shape index (κ3) is 1.81. The standard InChI is InChI=1S/C12H15BrO/c1-14-11-4-5-12-9(3-2-6-13)7-10(12)8-11/h4-5,8-9H,2-3,6-7H2,1H3. The molecule has 0 bridgehead atoms. The van der Waals surface area contributed by atoms with E-state index in [0.29, 0.717) is 0 Å². The summed E-state index contributed by atoms with van der Waals surface area (Å²) in [4.78, 5) is 0. The molecule has 2 heteroatoms. The fourth-order valence-corrected chi connectivity index (χ4v) is 2.43. The van der Waals surface area contributed by atoms with E-state index in [0.717, 1.165) is 17.0 Å². The third-order valence-corrected chi connectivity index (χ3v) is 3.50. The van der Waals surface area contributed by atoms with Crippen molar-refractivity contribution in [1.29, 1.82) is 0 Å². The van der Waals surface area contributed by atoms with Crippen LogP contribution in [0.2, 0.25) is 0 Å². The molecule has 0 heterocycles. The van der Waals surface area contributed by atoms with Crippen molar-refractivity contribution in [2.45, 2.75) is 25.2 Å². The minimum atomic E-state index is 0.799. The summed E-state index contributed by atoms with van der Waals surface area (Å²) in [6, 6.07) is 6.45. The Morgan fingerprint density at radius 2 is 2.36 bits per heavy atom. The Labute approximate surface area is 93.6 Å². The Balaban J connectivity index is 2.04. The van der Waals surface area contributed by atoms with Crippen LogP contribution in [-0.2, 0) is 6.42 Å². The maximum absolute atomic E-state index is 5.19. The zero-order chi connectivity index (χ0) is 9.97.